The Labute approximate surface area is 231 Å². The van der Waals surface area contributed by atoms with Crippen LogP contribution < -0.4 is 20.1 Å². The van der Waals surface area contributed by atoms with Gasteiger partial charge in [-0.25, -0.2) is 0 Å². The summed E-state index contributed by atoms with van der Waals surface area (Å²) in [5.41, 5.74) is 1.32. The minimum atomic E-state index is -1.78. The molecule has 1 heterocycles. The zero-order valence-electron chi connectivity index (χ0n) is 22.6. The molecular weight excluding hydrogens is 522 g/mol. The highest BCUT2D eigenvalue weighted by Gasteiger charge is 2.30. The zero-order chi connectivity index (χ0) is 28.2. The van der Waals surface area contributed by atoms with E-state index in [0.717, 1.165) is 18.4 Å². The van der Waals surface area contributed by atoms with Gasteiger partial charge < -0.3 is 29.7 Å². The van der Waals surface area contributed by atoms with Crippen LogP contribution in [-0.4, -0.2) is 77.9 Å². The van der Waals surface area contributed by atoms with Crippen LogP contribution in [0.15, 0.2) is 48.5 Å². The second-order valence-corrected chi connectivity index (χ2v) is 10.6. The van der Waals surface area contributed by atoms with Gasteiger partial charge in [-0.3, -0.25) is 18.6 Å². The van der Waals surface area contributed by atoms with Crippen LogP contribution >= 0.6 is 0 Å². The minimum absolute atomic E-state index is 0.0334. The molecule has 0 aliphatic carbocycles. The van der Waals surface area contributed by atoms with E-state index in [9.17, 15) is 18.6 Å². The molecule has 10 nitrogen and oxygen atoms in total. The van der Waals surface area contributed by atoms with E-state index in [0.29, 0.717) is 36.8 Å². The molecule has 1 fully saturated rings. The maximum absolute atomic E-state index is 13.4. The zero-order valence-corrected chi connectivity index (χ0v) is 23.5. The van der Waals surface area contributed by atoms with E-state index in [1.54, 1.807) is 50.6 Å². The van der Waals surface area contributed by atoms with E-state index in [1.165, 1.54) is 4.90 Å². The molecule has 1 aliphatic rings. The molecule has 0 aromatic heterocycles. The van der Waals surface area contributed by atoms with Crippen LogP contribution in [0.1, 0.15) is 31.7 Å². The third kappa shape index (κ3) is 9.36. The highest BCUT2D eigenvalue weighted by molar-refractivity contribution is 7.86. The summed E-state index contributed by atoms with van der Waals surface area (Å²) in [5.74, 6) is -0.670. The van der Waals surface area contributed by atoms with E-state index >= 15 is 0 Å². The van der Waals surface area contributed by atoms with Crippen molar-refractivity contribution in [2.24, 2.45) is 0 Å². The molecule has 2 N–H and O–H groups in total. The van der Waals surface area contributed by atoms with Crippen LogP contribution in [0.4, 0.5) is 5.69 Å². The van der Waals surface area contributed by atoms with Gasteiger partial charge >= 0.3 is 0 Å². The van der Waals surface area contributed by atoms with Crippen LogP contribution in [0.25, 0.3) is 0 Å². The Hall–Kier alpha value is -3.44. The fourth-order valence-corrected chi connectivity index (χ4v) is 5.18. The fraction of sp³-hybridized carbons (Fsp3) is 0.464. The number of benzene rings is 2. The lowest BCUT2D eigenvalue weighted by Gasteiger charge is -2.31. The van der Waals surface area contributed by atoms with Crippen LogP contribution in [0.3, 0.4) is 0 Å². The molecule has 1 aliphatic heterocycles. The van der Waals surface area contributed by atoms with E-state index in [-0.39, 0.29) is 30.1 Å². The molecule has 11 heteroatoms. The third-order valence-corrected chi connectivity index (χ3v) is 7.53. The Morgan fingerprint density at radius 3 is 2.23 bits per heavy atom. The van der Waals surface area contributed by atoms with Crippen molar-refractivity contribution in [3.8, 4) is 11.5 Å². The monoisotopic (exact) mass is 559 g/mol. The van der Waals surface area contributed by atoms with Crippen LogP contribution in [0, 0.1) is 0 Å². The van der Waals surface area contributed by atoms with Gasteiger partial charge in [0.1, 0.15) is 29.0 Å². The quantitative estimate of drug-likeness (QED) is 0.365. The number of hydrogen-bond acceptors (Lipinski definition) is 7. The van der Waals surface area contributed by atoms with Crippen molar-refractivity contribution >= 4 is 34.2 Å². The van der Waals surface area contributed by atoms with Gasteiger partial charge in [0.25, 0.3) is 0 Å². The average Bonchev–Trinajstić information content (AvgIpc) is 3.46. The highest BCUT2D eigenvalue weighted by Crippen LogP contribution is 2.18. The van der Waals surface area contributed by atoms with Gasteiger partial charge in [0, 0.05) is 36.2 Å². The summed E-state index contributed by atoms with van der Waals surface area (Å²) in [7, 11) is 1.33. The molecule has 0 unspecified atom stereocenters. The van der Waals surface area contributed by atoms with E-state index in [1.807, 2.05) is 19.1 Å². The van der Waals surface area contributed by atoms with E-state index < -0.39 is 28.7 Å². The number of anilines is 1. The number of ether oxygens (including phenoxy) is 3. The molecule has 3 atom stereocenters. The Kier molecular flexibility index (Phi) is 11.8. The average molecular weight is 560 g/mol. The second kappa shape index (κ2) is 15.2. The summed E-state index contributed by atoms with van der Waals surface area (Å²) in [4.78, 5) is 40.4. The van der Waals surface area contributed by atoms with Gasteiger partial charge in [-0.15, -0.1) is 0 Å². The summed E-state index contributed by atoms with van der Waals surface area (Å²) in [6.45, 7) is 3.02. The predicted octanol–water partition coefficient (Wildman–Crippen LogP) is 2.49. The first-order chi connectivity index (χ1) is 18.8. The van der Waals surface area contributed by atoms with E-state index in [4.69, 9.17) is 14.2 Å². The lowest BCUT2D eigenvalue weighted by molar-refractivity contribution is -0.139. The third-order valence-electron chi connectivity index (χ3n) is 6.38. The van der Waals surface area contributed by atoms with Crippen molar-refractivity contribution < 1.29 is 32.8 Å². The van der Waals surface area contributed by atoms with Gasteiger partial charge in [-0.1, -0.05) is 19.1 Å². The number of nitrogens with zero attached hydrogens (tertiary/aromatic N) is 1. The number of hydrogen-bond donors (Lipinski definition) is 2. The maximum Gasteiger partial charge on any atom is 0.242 e. The molecule has 0 spiro atoms. The lowest BCUT2D eigenvalue weighted by Crippen LogP contribution is -2.51. The first-order valence-electron chi connectivity index (χ1n) is 12.9. The maximum atomic E-state index is 13.4. The molecular formula is C28H37N3O7S. The standard InChI is InChI=1S/C28H37N3O7S/c1-4-25(28(34)29-16-24-6-5-15-38-24)31(17-20-7-11-22(36-2)12-8-20)27(33)19-39(35)18-26(32)30-21-9-13-23(37-3)14-10-21/h7-14,24-25H,4-6,15-19H2,1-3H3,(H,29,34)(H,30,32)/t24-,25-,39+/m1/s1. The van der Waals surface area contributed by atoms with Crippen molar-refractivity contribution in [1.29, 1.82) is 0 Å². The van der Waals surface area contributed by atoms with Crippen molar-refractivity contribution in [3.05, 3.63) is 54.1 Å². The smallest absolute Gasteiger partial charge is 0.242 e. The lowest BCUT2D eigenvalue weighted by atomic mass is 10.1. The number of methoxy groups -OCH3 is 2. The Morgan fingerprint density at radius 1 is 1.03 bits per heavy atom. The second-order valence-electron chi connectivity index (χ2n) is 9.18. The Balaban J connectivity index is 1.66. The largest absolute Gasteiger partial charge is 0.497 e. The summed E-state index contributed by atoms with van der Waals surface area (Å²) in [6, 6.07) is 13.1. The summed E-state index contributed by atoms with van der Waals surface area (Å²) in [6.07, 6.45) is 2.17. The highest BCUT2D eigenvalue weighted by atomic mass is 32.2. The van der Waals surface area contributed by atoms with Crippen molar-refractivity contribution in [1.82, 2.24) is 10.2 Å². The normalized spacial score (nSPS) is 16.1. The number of nitrogens with one attached hydrogen (secondary N) is 2. The first-order valence-corrected chi connectivity index (χ1v) is 14.4. The number of amides is 3. The van der Waals surface area contributed by atoms with Gasteiger partial charge in [0.15, 0.2) is 0 Å². The van der Waals surface area contributed by atoms with Gasteiger partial charge in [0.2, 0.25) is 17.7 Å². The molecule has 2 aromatic rings. The van der Waals surface area contributed by atoms with Crippen molar-refractivity contribution in [2.75, 3.05) is 44.2 Å². The summed E-state index contributed by atoms with van der Waals surface area (Å²) >= 11 is 0. The molecule has 0 saturated carbocycles. The molecule has 3 amide bonds. The first kappa shape index (κ1) is 30.1. The van der Waals surface area contributed by atoms with Gasteiger partial charge in [-0.05, 0) is 61.2 Å². The summed E-state index contributed by atoms with van der Waals surface area (Å²) in [5, 5.41) is 5.58. The molecule has 39 heavy (non-hydrogen) atoms. The molecule has 0 radical (unpaired) electrons. The Morgan fingerprint density at radius 2 is 1.67 bits per heavy atom. The van der Waals surface area contributed by atoms with Crippen molar-refractivity contribution in [3.63, 3.8) is 0 Å². The minimum Gasteiger partial charge on any atom is -0.497 e. The SMILES string of the molecule is CC[C@H](C(=O)NC[C@H]1CCCO1)N(Cc1ccc(OC)cc1)C(=O)C[S@@](=O)CC(=O)Nc1ccc(OC)cc1. The molecule has 1 saturated heterocycles. The molecule has 2 aromatic carbocycles. The van der Waals surface area contributed by atoms with Crippen molar-refractivity contribution in [2.45, 2.75) is 44.9 Å². The molecule has 212 valence electrons. The molecule has 0 bridgehead atoms. The summed E-state index contributed by atoms with van der Waals surface area (Å²) < 4.78 is 28.7. The molecule has 3 rings (SSSR count). The van der Waals surface area contributed by atoms with Gasteiger partial charge in [0.05, 0.1) is 20.3 Å². The number of carbonyl (C=O) groups excluding carboxylic acids is 3. The number of carbonyl (C=O) groups is 3. The predicted molar refractivity (Wildman–Crippen MR) is 149 cm³/mol. The number of rotatable bonds is 14. The van der Waals surface area contributed by atoms with E-state index in [2.05, 4.69) is 10.6 Å². The van der Waals surface area contributed by atoms with Gasteiger partial charge in [-0.2, -0.15) is 0 Å². The van der Waals surface area contributed by atoms with Crippen LogP contribution in [0.5, 0.6) is 11.5 Å². The topological polar surface area (TPSA) is 123 Å². The van der Waals surface area contributed by atoms with Crippen LogP contribution in [-0.2, 0) is 36.5 Å². The Bertz CT molecular complexity index is 1120. The van der Waals surface area contributed by atoms with Crippen LogP contribution in [0.2, 0.25) is 0 Å². The fourth-order valence-electron chi connectivity index (χ4n) is 4.27.